The summed E-state index contributed by atoms with van der Waals surface area (Å²) < 4.78 is 31.2. The Morgan fingerprint density at radius 3 is 2.16 bits per heavy atom. The number of aliphatic carboxylic acids is 1. The number of hydrogen-bond acceptors (Lipinski definition) is 5. The molecule has 0 saturated carbocycles. The van der Waals surface area contributed by atoms with E-state index < -0.39 is 29.2 Å². The molecule has 2 unspecified atom stereocenters. The van der Waals surface area contributed by atoms with Gasteiger partial charge in [-0.05, 0) is 66.4 Å². The molecule has 10 heteroatoms. The van der Waals surface area contributed by atoms with E-state index >= 15 is 0 Å². The number of carbonyl (C=O) groups excluding carboxylic acids is 1. The molecule has 0 aliphatic rings. The maximum atomic E-state index is 12.8. The average Bonchev–Trinajstić information content (AvgIpc) is 3.18. The number of aryl methyl sites for hydroxylation is 1. The fraction of sp³-hybridized carbons (Fsp3) is 0.185. The minimum atomic E-state index is -2.76. The van der Waals surface area contributed by atoms with Gasteiger partial charge in [-0.1, -0.05) is 54.0 Å². The third-order valence-corrected chi connectivity index (χ3v) is 7.25. The van der Waals surface area contributed by atoms with Gasteiger partial charge in [-0.15, -0.1) is 0 Å². The topological polar surface area (TPSA) is 123 Å². The highest BCUT2D eigenvalue weighted by molar-refractivity contribution is 9.10. The summed E-state index contributed by atoms with van der Waals surface area (Å²) in [5.74, 6) is -1.76. The molecule has 1 amide bonds. The number of rotatable bonds is 8. The molecule has 8 nitrogen and oxygen atoms in total. The van der Waals surface area contributed by atoms with E-state index in [-0.39, 0.29) is 17.4 Å². The van der Waals surface area contributed by atoms with E-state index in [1.807, 2.05) is 37.3 Å². The maximum Gasteiger partial charge on any atom is 0.327 e. The summed E-state index contributed by atoms with van der Waals surface area (Å²) in [6.45, 7) is 5.15. The Hall–Kier alpha value is -3.47. The van der Waals surface area contributed by atoms with Gasteiger partial charge in [0.05, 0.1) is 0 Å². The van der Waals surface area contributed by atoms with E-state index in [0.29, 0.717) is 11.3 Å². The molecular formula is C27H24BrN2O6S-. The fourth-order valence-corrected chi connectivity index (χ4v) is 5.31. The maximum absolute atomic E-state index is 12.8. The van der Waals surface area contributed by atoms with Crippen molar-refractivity contribution in [2.45, 2.75) is 26.8 Å². The lowest BCUT2D eigenvalue weighted by atomic mass is 10.0. The van der Waals surface area contributed by atoms with Crippen molar-refractivity contribution in [2.75, 3.05) is 9.62 Å². The van der Waals surface area contributed by atoms with Crippen molar-refractivity contribution < 1.29 is 27.9 Å². The van der Waals surface area contributed by atoms with E-state index in [0.717, 1.165) is 30.9 Å². The summed E-state index contributed by atoms with van der Waals surface area (Å²) in [7, 11) is 0. The van der Waals surface area contributed by atoms with Gasteiger partial charge < -0.3 is 19.4 Å². The van der Waals surface area contributed by atoms with Gasteiger partial charge in [-0.2, -0.15) is 0 Å². The van der Waals surface area contributed by atoms with E-state index in [4.69, 9.17) is 4.42 Å². The van der Waals surface area contributed by atoms with Gasteiger partial charge in [0.2, 0.25) is 0 Å². The van der Waals surface area contributed by atoms with Crippen LogP contribution in [0.2, 0.25) is 0 Å². The first kappa shape index (κ1) is 26.6. The number of amides is 1. The molecule has 0 radical (unpaired) electrons. The molecule has 1 aromatic heterocycles. The van der Waals surface area contributed by atoms with E-state index in [1.54, 1.807) is 50.2 Å². The van der Waals surface area contributed by atoms with Crippen molar-refractivity contribution >= 4 is 61.4 Å². The van der Waals surface area contributed by atoms with Crippen molar-refractivity contribution in [1.29, 1.82) is 0 Å². The van der Waals surface area contributed by atoms with Crippen LogP contribution in [0.5, 0.6) is 0 Å². The molecule has 0 bridgehead atoms. The lowest BCUT2D eigenvalue weighted by Crippen LogP contribution is -2.45. The lowest BCUT2D eigenvalue weighted by Gasteiger charge is -2.34. The van der Waals surface area contributed by atoms with Crippen LogP contribution in [0.4, 0.5) is 11.4 Å². The largest absolute Gasteiger partial charge is 0.755 e. The van der Waals surface area contributed by atoms with Gasteiger partial charge in [0.1, 0.15) is 11.6 Å². The van der Waals surface area contributed by atoms with Gasteiger partial charge in [0, 0.05) is 38.1 Å². The van der Waals surface area contributed by atoms with E-state index in [2.05, 4.69) is 21.2 Å². The normalized spacial score (nSPS) is 12.9. The number of halogens is 1. The minimum absolute atomic E-state index is 0.245. The second kappa shape index (κ2) is 10.9. The number of carboxylic acids is 1. The van der Waals surface area contributed by atoms with Crippen molar-refractivity contribution in [3.63, 3.8) is 0 Å². The predicted octanol–water partition coefficient (Wildman–Crippen LogP) is 6.13. The average molecular weight is 584 g/mol. The summed E-state index contributed by atoms with van der Waals surface area (Å²) in [5, 5.41) is 13.2. The molecule has 2 N–H and O–H groups in total. The van der Waals surface area contributed by atoms with Gasteiger partial charge in [-0.3, -0.25) is 13.3 Å². The van der Waals surface area contributed by atoms with Crippen LogP contribution in [-0.4, -0.2) is 31.8 Å². The van der Waals surface area contributed by atoms with Crippen LogP contribution in [0.1, 0.15) is 30.0 Å². The highest BCUT2D eigenvalue weighted by atomic mass is 79.9. The predicted molar refractivity (Wildman–Crippen MR) is 146 cm³/mol. The molecule has 2 atom stereocenters. The molecule has 3 aromatic carbocycles. The Balaban J connectivity index is 1.51. The number of fused-ring (bicyclic) bond motifs is 1. The Bertz CT molecular complexity index is 1480. The SMILES string of the molecule is Cc1c(C(=O)Nc2ccc(-c3ccc(N(C(C(=O)O)C(C)C)S(=O)[O-])cc3)cc2)oc2ccc(Br)cc12. The summed E-state index contributed by atoms with van der Waals surface area (Å²) in [6.07, 6.45) is 0. The van der Waals surface area contributed by atoms with Crippen LogP contribution in [0.15, 0.2) is 75.6 Å². The zero-order chi connectivity index (χ0) is 26.9. The molecule has 192 valence electrons. The van der Waals surface area contributed by atoms with Crippen molar-refractivity contribution in [3.8, 4) is 11.1 Å². The number of anilines is 2. The van der Waals surface area contributed by atoms with Gasteiger partial charge in [0.25, 0.3) is 5.91 Å². The zero-order valence-electron chi connectivity index (χ0n) is 20.2. The number of hydrogen-bond donors (Lipinski definition) is 2. The number of benzene rings is 3. The Labute approximate surface area is 224 Å². The Morgan fingerprint density at radius 2 is 1.62 bits per heavy atom. The Kier molecular flexibility index (Phi) is 7.82. The van der Waals surface area contributed by atoms with E-state index in [1.165, 1.54) is 0 Å². The fourth-order valence-electron chi connectivity index (χ4n) is 4.14. The van der Waals surface area contributed by atoms with E-state index in [9.17, 15) is 23.5 Å². The number of carbonyl (C=O) groups is 2. The standard InChI is InChI=1S/C27H25BrN2O6S/c1-15(2)24(27(32)33)30(37(34)35)21-11-6-18(7-12-21)17-4-9-20(10-5-17)29-26(31)25-16(3)22-14-19(28)8-13-23(22)36-25/h4-15,24H,1-3H3,(H,29,31)(H,32,33)(H,34,35)/p-1. The summed E-state index contributed by atoms with van der Waals surface area (Å²) >= 11 is 0.674. The van der Waals surface area contributed by atoms with Crippen molar-refractivity contribution in [3.05, 3.63) is 82.5 Å². The minimum Gasteiger partial charge on any atom is -0.755 e. The van der Waals surface area contributed by atoms with Crippen LogP contribution in [-0.2, 0) is 16.1 Å². The molecular weight excluding hydrogens is 560 g/mol. The third-order valence-electron chi connectivity index (χ3n) is 6.00. The Morgan fingerprint density at radius 1 is 1.03 bits per heavy atom. The quantitative estimate of drug-likeness (QED) is 0.240. The van der Waals surface area contributed by atoms with Crippen LogP contribution >= 0.6 is 15.9 Å². The molecule has 4 rings (SSSR count). The molecule has 0 saturated heterocycles. The molecule has 0 aliphatic heterocycles. The molecule has 0 aliphatic carbocycles. The smallest absolute Gasteiger partial charge is 0.327 e. The molecule has 1 heterocycles. The van der Waals surface area contributed by atoms with Crippen LogP contribution in [0.3, 0.4) is 0 Å². The molecule has 37 heavy (non-hydrogen) atoms. The first-order valence-corrected chi connectivity index (χ1v) is 13.2. The zero-order valence-corrected chi connectivity index (χ0v) is 22.6. The number of furan rings is 1. The number of nitrogens with zero attached hydrogens (tertiary/aromatic N) is 1. The first-order valence-electron chi connectivity index (χ1n) is 11.4. The second-order valence-corrected chi connectivity index (χ2v) is 10.6. The lowest BCUT2D eigenvalue weighted by molar-refractivity contribution is -0.139. The van der Waals surface area contributed by atoms with Gasteiger partial charge in [0.15, 0.2) is 5.76 Å². The summed E-state index contributed by atoms with van der Waals surface area (Å²) in [6, 6.07) is 18.1. The summed E-state index contributed by atoms with van der Waals surface area (Å²) in [4.78, 5) is 24.5. The van der Waals surface area contributed by atoms with Crippen LogP contribution in [0.25, 0.3) is 22.1 Å². The molecule has 4 aromatic rings. The number of nitrogens with one attached hydrogen (secondary N) is 1. The summed E-state index contributed by atoms with van der Waals surface area (Å²) in [5.41, 5.74) is 3.86. The third kappa shape index (κ3) is 5.61. The number of carboxylic acid groups (broad SMARTS) is 1. The van der Waals surface area contributed by atoms with Gasteiger partial charge in [-0.25, -0.2) is 4.79 Å². The monoisotopic (exact) mass is 583 g/mol. The molecule has 0 spiro atoms. The van der Waals surface area contributed by atoms with Gasteiger partial charge >= 0.3 is 5.97 Å². The highest BCUT2D eigenvalue weighted by Crippen LogP contribution is 2.30. The van der Waals surface area contributed by atoms with Crippen LogP contribution < -0.4 is 9.62 Å². The highest BCUT2D eigenvalue weighted by Gasteiger charge is 2.30. The van der Waals surface area contributed by atoms with Crippen molar-refractivity contribution in [1.82, 2.24) is 0 Å². The van der Waals surface area contributed by atoms with Crippen LogP contribution in [0, 0.1) is 12.8 Å². The first-order chi connectivity index (χ1) is 17.6. The molecule has 0 fully saturated rings. The second-order valence-electron chi connectivity index (χ2n) is 8.85. The van der Waals surface area contributed by atoms with Crippen molar-refractivity contribution in [2.24, 2.45) is 5.92 Å².